The Morgan fingerprint density at radius 2 is 1.59 bits per heavy atom. The van der Waals surface area contributed by atoms with E-state index in [0.29, 0.717) is 15.0 Å². The molecule has 0 spiro atoms. The Morgan fingerprint density at radius 1 is 1.00 bits per heavy atom. The molecule has 0 heterocycles. The van der Waals surface area contributed by atoms with Crippen LogP contribution in [-0.2, 0) is 4.43 Å². The maximum absolute atomic E-state index is 6.67. The maximum atomic E-state index is 6.67. The van der Waals surface area contributed by atoms with Crippen LogP contribution in [0.25, 0.3) is 0 Å². The van der Waals surface area contributed by atoms with Gasteiger partial charge in [0.25, 0.3) is 0 Å². The Kier molecular flexibility index (Phi) is 8.75. The summed E-state index contributed by atoms with van der Waals surface area (Å²) < 4.78 is 8.14. The third-order valence-corrected chi connectivity index (χ3v) is 12.3. The summed E-state index contributed by atoms with van der Waals surface area (Å²) >= 11 is 2.38. The number of allylic oxidation sites excluding steroid dienone is 1. The molecule has 0 saturated carbocycles. The number of benzene rings is 2. The van der Waals surface area contributed by atoms with Gasteiger partial charge < -0.3 is 0 Å². The number of hydrogen-bond donors (Lipinski definition) is 0. The summed E-state index contributed by atoms with van der Waals surface area (Å²) in [6, 6.07) is 21.4. The first-order valence-electron chi connectivity index (χ1n) is 9.52. The van der Waals surface area contributed by atoms with E-state index in [0.717, 1.165) is 12.2 Å². The molecule has 2 rings (SSSR count). The fourth-order valence-corrected chi connectivity index (χ4v) is 6.03. The van der Waals surface area contributed by atoms with E-state index in [-0.39, 0.29) is 5.04 Å². The summed E-state index contributed by atoms with van der Waals surface area (Å²) in [7, 11) is -1.80. The molecule has 2 aromatic carbocycles. The first-order valence-corrected chi connectivity index (χ1v) is 15.5. The van der Waals surface area contributed by atoms with Crippen LogP contribution in [0.3, 0.4) is 0 Å². The quantitative estimate of drug-likeness (QED) is 0.238. The molecule has 0 atom stereocenters. The molecule has 0 aliphatic carbocycles. The van der Waals surface area contributed by atoms with Crippen molar-refractivity contribution in [3.8, 4) is 0 Å². The van der Waals surface area contributed by atoms with Gasteiger partial charge in [0, 0.05) is 0 Å². The Morgan fingerprint density at radius 3 is 2.19 bits per heavy atom. The zero-order valence-electron chi connectivity index (χ0n) is 17.2. The Bertz CT molecular complexity index is 708. The van der Waals surface area contributed by atoms with Crippen molar-refractivity contribution in [3.05, 3.63) is 72.5 Å². The van der Waals surface area contributed by atoms with Gasteiger partial charge >= 0.3 is 178 Å². The van der Waals surface area contributed by atoms with E-state index in [4.69, 9.17) is 4.43 Å². The monoisotopic (exact) mass is 464 g/mol. The summed E-state index contributed by atoms with van der Waals surface area (Å²) in [5.74, 6) is 2.16. The summed E-state index contributed by atoms with van der Waals surface area (Å²) in [6.45, 7) is 11.6. The van der Waals surface area contributed by atoms with Gasteiger partial charge in [0.15, 0.2) is 0 Å². The van der Waals surface area contributed by atoms with Gasteiger partial charge in [-0.2, -0.15) is 0 Å². The minimum atomic E-state index is -1.80. The number of hydrogen-bond acceptors (Lipinski definition) is 2. The average molecular weight is 464 g/mol. The third kappa shape index (κ3) is 7.91. The van der Waals surface area contributed by atoms with Crippen molar-refractivity contribution < 1.29 is 4.43 Å². The van der Waals surface area contributed by atoms with Crippen molar-refractivity contribution in [2.45, 2.75) is 55.5 Å². The predicted octanol–water partition coefficient (Wildman–Crippen LogP) is 6.52. The van der Waals surface area contributed by atoms with Crippen molar-refractivity contribution in [2.24, 2.45) is 0 Å². The molecular formula is C23H32OSSeSi. The molecule has 0 N–H and O–H groups in total. The molecule has 27 heavy (non-hydrogen) atoms. The van der Waals surface area contributed by atoms with Crippen LogP contribution < -0.4 is 4.46 Å². The first-order chi connectivity index (χ1) is 12.8. The molecule has 0 aliphatic rings. The molecule has 0 amide bonds. The van der Waals surface area contributed by atoms with Gasteiger partial charge in [0.2, 0.25) is 0 Å². The Hall–Kier alpha value is -0.934. The van der Waals surface area contributed by atoms with E-state index in [9.17, 15) is 0 Å². The Labute approximate surface area is 177 Å². The molecule has 0 unspecified atom stereocenters. The van der Waals surface area contributed by atoms with E-state index in [2.05, 4.69) is 101 Å². The normalized spacial score (nSPS) is 12.9. The fourth-order valence-electron chi connectivity index (χ4n) is 2.21. The molecule has 2 aromatic rings. The van der Waals surface area contributed by atoms with Gasteiger partial charge in [-0.05, 0) is 0 Å². The second-order valence-corrected chi connectivity index (χ2v) is 16.3. The molecular weight excluding hydrogens is 431 g/mol. The fraction of sp³-hybridized carbons (Fsp3) is 0.391. The van der Waals surface area contributed by atoms with Crippen LogP contribution in [0.5, 0.6) is 0 Å². The minimum absolute atomic E-state index is 0.225. The second kappa shape index (κ2) is 10.6. The molecule has 0 saturated heterocycles. The van der Waals surface area contributed by atoms with E-state index in [1.165, 1.54) is 20.4 Å². The van der Waals surface area contributed by atoms with Crippen LogP contribution >= 0.6 is 11.8 Å². The topological polar surface area (TPSA) is 9.23 Å². The van der Waals surface area contributed by atoms with Crippen LogP contribution in [0.4, 0.5) is 0 Å². The molecule has 0 fully saturated rings. The van der Waals surface area contributed by atoms with Gasteiger partial charge in [0.1, 0.15) is 0 Å². The van der Waals surface area contributed by atoms with Crippen LogP contribution in [0.1, 0.15) is 27.2 Å². The molecule has 4 heteroatoms. The van der Waals surface area contributed by atoms with Crippen molar-refractivity contribution in [2.75, 3.05) is 5.75 Å². The molecule has 0 radical (unpaired) electrons. The van der Waals surface area contributed by atoms with Gasteiger partial charge in [-0.15, -0.1) is 0 Å². The second-order valence-electron chi connectivity index (χ2n) is 8.07. The zero-order valence-corrected chi connectivity index (χ0v) is 20.7. The van der Waals surface area contributed by atoms with E-state index in [1.807, 2.05) is 11.8 Å². The van der Waals surface area contributed by atoms with Gasteiger partial charge in [-0.1, -0.05) is 0 Å². The van der Waals surface area contributed by atoms with Crippen LogP contribution in [0, 0.1) is 0 Å². The number of thioether (sulfide) groups is 1. The first kappa shape index (κ1) is 22.4. The summed E-state index contributed by atoms with van der Waals surface area (Å²) in [6.07, 6.45) is 3.36. The average Bonchev–Trinajstić information content (AvgIpc) is 2.62. The molecule has 0 aliphatic heterocycles. The predicted molar refractivity (Wildman–Crippen MR) is 125 cm³/mol. The molecule has 146 valence electrons. The summed E-state index contributed by atoms with van der Waals surface area (Å²) in [5, 5.41) is 1.41. The zero-order chi connectivity index (χ0) is 19.8. The summed E-state index contributed by atoms with van der Waals surface area (Å²) in [5.41, 5.74) is 0. The van der Waals surface area contributed by atoms with Crippen molar-refractivity contribution in [1.29, 1.82) is 0 Å². The Balaban J connectivity index is 1.99. The van der Waals surface area contributed by atoms with Crippen molar-refractivity contribution >= 4 is 39.5 Å². The SMILES string of the molecule is CC(C)(C)[Si](C)(C)O/C(=C\CSc1ccccc1)CC[Se]c1ccccc1. The van der Waals surface area contributed by atoms with Crippen LogP contribution in [0.15, 0.2) is 77.4 Å². The van der Waals surface area contributed by atoms with Crippen LogP contribution in [-0.4, -0.2) is 29.0 Å². The van der Waals surface area contributed by atoms with E-state index < -0.39 is 8.32 Å². The van der Waals surface area contributed by atoms with Crippen molar-refractivity contribution in [1.82, 2.24) is 0 Å². The van der Waals surface area contributed by atoms with E-state index >= 15 is 0 Å². The van der Waals surface area contributed by atoms with E-state index in [1.54, 1.807) is 0 Å². The van der Waals surface area contributed by atoms with Gasteiger partial charge in [-0.25, -0.2) is 0 Å². The van der Waals surface area contributed by atoms with Crippen LogP contribution in [0.2, 0.25) is 23.5 Å². The third-order valence-electron chi connectivity index (χ3n) is 4.86. The molecule has 1 nitrogen and oxygen atoms in total. The standard InChI is InChI=1S/C23H32OSSeSi/c1-23(2,3)27(4,5)24-20(16-18-25-21-12-8-6-9-13-21)17-19-26-22-14-10-7-11-15-22/h6-16H,17-19H2,1-5H3/b20-16-. The van der Waals surface area contributed by atoms with Gasteiger partial charge in [0.05, 0.1) is 0 Å². The summed E-state index contributed by atoms with van der Waals surface area (Å²) in [4.78, 5) is 1.31. The van der Waals surface area contributed by atoms with Crippen molar-refractivity contribution in [3.63, 3.8) is 0 Å². The number of rotatable bonds is 9. The molecule has 0 bridgehead atoms. The molecule has 0 aromatic heterocycles. The van der Waals surface area contributed by atoms with Gasteiger partial charge in [-0.3, -0.25) is 0 Å².